The Balaban J connectivity index is 2.48. The van der Waals surface area contributed by atoms with E-state index in [2.05, 4.69) is 17.9 Å². The van der Waals surface area contributed by atoms with Crippen LogP contribution in [0.4, 0.5) is 0 Å². The van der Waals surface area contributed by atoms with Crippen LogP contribution in [0.1, 0.15) is 19.8 Å². The van der Waals surface area contributed by atoms with E-state index in [1.54, 1.807) is 7.11 Å². The van der Waals surface area contributed by atoms with Gasteiger partial charge in [0.1, 0.15) is 5.54 Å². The first kappa shape index (κ1) is 12.4. The van der Waals surface area contributed by atoms with Crippen LogP contribution in [0, 0.1) is 17.2 Å². The van der Waals surface area contributed by atoms with Crippen molar-refractivity contribution >= 4 is 0 Å². The van der Waals surface area contributed by atoms with Crippen molar-refractivity contribution in [2.24, 2.45) is 11.7 Å². The lowest BCUT2D eigenvalue weighted by Gasteiger charge is -2.31. The maximum atomic E-state index is 9.12. The van der Waals surface area contributed by atoms with Gasteiger partial charge < -0.3 is 10.5 Å². The van der Waals surface area contributed by atoms with E-state index in [-0.39, 0.29) is 0 Å². The molecule has 4 heteroatoms. The second kappa shape index (κ2) is 4.93. The third-order valence-corrected chi connectivity index (χ3v) is 3.19. The average Bonchev–Trinajstić information content (AvgIpc) is 3.01. The van der Waals surface area contributed by atoms with Crippen molar-refractivity contribution in [2.75, 3.05) is 27.3 Å². The molecule has 1 fully saturated rings. The molecule has 0 aromatic heterocycles. The van der Waals surface area contributed by atoms with Gasteiger partial charge in [0.15, 0.2) is 0 Å². The first-order chi connectivity index (χ1) is 7.03. The summed E-state index contributed by atoms with van der Waals surface area (Å²) in [5.41, 5.74) is 5.42. The highest BCUT2D eigenvalue weighted by Gasteiger charge is 2.43. The first-order valence-corrected chi connectivity index (χ1v) is 5.43. The van der Waals surface area contributed by atoms with Crippen molar-refractivity contribution in [3.05, 3.63) is 0 Å². The minimum Gasteiger partial charge on any atom is -0.383 e. The highest BCUT2D eigenvalue weighted by molar-refractivity contribution is 5.14. The molecule has 0 radical (unpaired) electrons. The molecule has 0 bridgehead atoms. The lowest BCUT2D eigenvalue weighted by Crippen LogP contribution is -2.52. The van der Waals surface area contributed by atoms with Crippen LogP contribution in [0.5, 0.6) is 0 Å². The predicted molar refractivity (Wildman–Crippen MR) is 59.2 cm³/mol. The lowest BCUT2D eigenvalue weighted by molar-refractivity contribution is 0.104. The summed E-state index contributed by atoms with van der Waals surface area (Å²) in [6.45, 7) is 3.37. The smallest absolute Gasteiger partial charge is 0.119 e. The van der Waals surface area contributed by atoms with Crippen LogP contribution in [-0.2, 0) is 4.74 Å². The van der Waals surface area contributed by atoms with Gasteiger partial charge >= 0.3 is 0 Å². The van der Waals surface area contributed by atoms with Crippen molar-refractivity contribution < 1.29 is 4.74 Å². The molecule has 0 aromatic rings. The molecule has 86 valence electrons. The summed E-state index contributed by atoms with van der Waals surface area (Å²) >= 11 is 0. The van der Waals surface area contributed by atoms with Crippen molar-refractivity contribution in [2.45, 2.75) is 31.3 Å². The zero-order valence-corrected chi connectivity index (χ0v) is 9.86. The third kappa shape index (κ3) is 3.16. The van der Waals surface area contributed by atoms with Crippen LogP contribution in [0.2, 0.25) is 0 Å². The lowest BCUT2D eigenvalue weighted by atomic mass is 9.95. The summed E-state index contributed by atoms with van der Waals surface area (Å²) in [6.07, 6.45) is 2.19. The SMILES string of the molecule is COCC(C)N(C)CC(N)(C#N)C1CC1. The largest absolute Gasteiger partial charge is 0.383 e. The second-order valence-electron chi connectivity index (χ2n) is 4.65. The second-order valence-corrected chi connectivity index (χ2v) is 4.65. The zero-order valence-electron chi connectivity index (χ0n) is 9.86. The molecule has 0 aromatic carbocycles. The summed E-state index contributed by atoms with van der Waals surface area (Å²) < 4.78 is 5.08. The molecule has 1 saturated carbocycles. The van der Waals surface area contributed by atoms with Gasteiger partial charge in [0.05, 0.1) is 12.7 Å². The standard InChI is InChI=1S/C11H21N3O/c1-9(6-15-3)14(2)8-11(13,7-12)10-4-5-10/h9-10H,4-6,8,13H2,1-3H3. The van der Waals surface area contributed by atoms with E-state index in [9.17, 15) is 0 Å². The van der Waals surface area contributed by atoms with E-state index in [4.69, 9.17) is 15.7 Å². The van der Waals surface area contributed by atoms with E-state index in [1.807, 2.05) is 7.05 Å². The van der Waals surface area contributed by atoms with Gasteiger partial charge in [0, 0.05) is 19.7 Å². The third-order valence-electron chi connectivity index (χ3n) is 3.19. The minimum absolute atomic E-state index is 0.296. The van der Waals surface area contributed by atoms with Crippen molar-refractivity contribution in [3.8, 4) is 6.07 Å². The fraction of sp³-hybridized carbons (Fsp3) is 0.909. The molecule has 0 aliphatic heterocycles. The Morgan fingerprint density at radius 1 is 1.67 bits per heavy atom. The summed E-state index contributed by atoms with van der Waals surface area (Å²) in [5.74, 6) is 0.389. The number of nitriles is 1. The molecular formula is C11H21N3O. The van der Waals surface area contributed by atoms with Crippen LogP contribution in [0.25, 0.3) is 0 Å². The van der Waals surface area contributed by atoms with Crippen LogP contribution < -0.4 is 5.73 Å². The Bertz CT molecular complexity index is 247. The van der Waals surface area contributed by atoms with Crippen molar-refractivity contribution in [3.63, 3.8) is 0 Å². The number of nitrogens with zero attached hydrogens (tertiary/aromatic N) is 2. The van der Waals surface area contributed by atoms with Gasteiger partial charge in [-0.1, -0.05) is 0 Å². The van der Waals surface area contributed by atoms with Crippen LogP contribution in [-0.4, -0.2) is 43.8 Å². The molecule has 0 heterocycles. The molecule has 0 spiro atoms. The number of hydrogen-bond acceptors (Lipinski definition) is 4. The molecule has 4 nitrogen and oxygen atoms in total. The van der Waals surface area contributed by atoms with Crippen LogP contribution in [0.3, 0.4) is 0 Å². The Kier molecular flexibility index (Phi) is 4.09. The topological polar surface area (TPSA) is 62.3 Å². The number of likely N-dealkylation sites (N-methyl/N-ethyl adjacent to an activating group) is 1. The van der Waals surface area contributed by atoms with Gasteiger partial charge in [0.25, 0.3) is 0 Å². The fourth-order valence-electron chi connectivity index (χ4n) is 1.79. The summed E-state index contributed by atoms with van der Waals surface area (Å²) in [5, 5.41) is 9.12. The van der Waals surface area contributed by atoms with Crippen molar-refractivity contribution in [1.82, 2.24) is 4.90 Å². The highest BCUT2D eigenvalue weighted by Crippen LogP contribution is 2.38. The number of ether oxygens (including phenoxy) is 1. The van der Waals surface area contributed by atoms with Gasteiger partial charge in [-0.3, -0.25) is 4.90 Å². The molecule has 1 aliphatic rings. The number of nitrogens with two attached hydrogens (primary N) is 1. The van der Waals surface area contributed by atoms with Crippen molar-refractivity contribution in [1.29, 1.82) is 5.26 Å². The number of rotatable bonds is 6. The fourth-order valence-corrected chi connectivity index (χ4v) is 1.79. The monoisotopic (exact) mass is 211 g/mol. The van der Waals surface area contributed by atoms with E-state index in [0.717, 1.165) is 12.8 Å². The molecule has 0 saturated heterocycles. The van der Waals surface area contributed by atoms with Gasteiger partial charge in [-0.25, -0.2) is 0 Å². The molecular weight excluding hydrogens is 190 g/mol. The minimum atomic E-state index is -0.670. The molecule has 15 heavy (non-hydrogen) atoms. The van der Waals surface area contributed by atoms with E-state index in [1.165, 1.54) is 0 Å². The molecule has 2 N–H and O–H groups in total. The molecule has 0 amide bonds. The highest BCUT2D eigenvalue weighted by atomic mass is 16.5. The number of hydrogen-bond donors (Lipinski definition) is 1. The maximum absolute atomic E-state index is 9.12. The summed E-state index contributed by atoms with van der Waals surface area (Å²) in [4.78, 5) is 2.10. The normalized spacial score (nSPS) is 22.1. The Morgan fingerprint density at radius 3 is 2.67 bits per heavy atom. The molecule has 1 aliphatic carbocycles. The van der Waals surface area contributed by atoms with E-state index < -0.39 is 5.54 Å². The van der Waals surface area contributed by atoms with Gasteiger partial charge in [-0.2, -0.15) is 5.26 Å². The molecule has 2 unspecified atom stereocenters. The van der Waals surface area contributed by atoms with E-state index in [0.29, 0.717) is 25.1 Å². The summed E-state index contributed by atoms with van der Waals surface area (Å²) in [6, 6.07) is 2.56. The average molecular weight is 211 g/mol. The van der Waals surface area contributed by atoms with Gasteiger partial charge in [-0.05, 0) is 32.7 Å². The van der Waals surface area contributed by atoms with Gasteiger partial charge in [0.2, 0.25) is 0 Å². The summed E-state index contributed by atoms with van der Waals surface area (Å²) in [7, 11) is 3.68. The Morgan fingerprint density at radius 2 is 2.27 bits per heavy atom. The maximum Gasteiger partial charge on any atom is 0.119 e. The molecule has 1 rings (SSSR count). The Hall–Kier alpha value is -0.630. The number of methoxy groups -OCH3 is 1. The van der Waals surface area contributed by atoms with E-state index >= 15 is 0 Å². The zero-order chi connectivity index (χ0) is 11.5. The quantitative estimate of drug-likeness (QED) is 0.698. The Labute approximate surface area is 92.0 Å². The predicted octanol–water partition coefficient (Wildman–Crippen LogP) is 0.584. The van der Waals surface area contributed by atoms with Crippen LogP contribution >= 0.6 is 0 Å². The molecule has 2 atom stereocenters. The first-order valence-electron chi connectivity index (χ1n) is 5.43. The van der Waals surface area contributed by atoms with Crippen LogP contribution in [0.15, 0.2) is 0 Å². The van der Waals surface area contributed by atoms with Gasteiger partial charge in [-0.15, -0.1) is 0 Å².